The van der Waals surface area contributed by atoms with Crippen LogP contribution in [0.5, 0.6) is 0 Å². The van der Waals surface area contributed by atoms with Crippen LogP contribution in [0.1, 0.15) is 67.2 Å². The van der Waals surface area contributed by atoms with Crippen LogP contribution < -0.4 is 5.32 Å². The topological polar surface area (TPSA) is 66.0 Å². The van der Waals surface area contributed by atoms with E-state index in [2.05, 4.69) is 26.1 Å². The third-order valence-corrected chi connectivity index (χ3v) is 8.07. The number of hydrogen-bond donors (Lipinski definition) is 1. The molecule has 0 aromatic carbocycles. The molecule has 1 N–H and O–H groups in total. The standard InChI is InChI=1S/C21H46N2O5Si.BF4/c1-7-15-23(16-8-2,17-9-3)18-19-25-21(24)22-14-13-20-29(26-10-4,27-11-5)28-12-6;2-1(3,4)5/h7-20H2,1-6H3;/q;-1/p+1. The molecule has 0 aromatic rings. The maximum atomic E-state index is 12.1. The van der Waals surface area contributed by atoms with E-state index in [0.29, 0.717) is 39.0 Å². The zero-order valence-corrected chi connectivity index (χ0v) is 23.0. The zero-order valence-electron chi connectivity index (χ0n) is 22.0. The highest BCUT2D eigenvalue weighted by Crippen LogP contribution is 2.18. The molecule has 7 nitrogen and oxygen atoms in total. The van der Waals surface area contributed by atoms with Crippen molar-refractivity contribution in [2.45, 2.75) is 73.3 Å². The Morgan fingerprint density at radius 2 is 1.21 bits per heavy atom. The first-order valence-electron chi connectivity index (χ1n) is 12.5. The fourth-order valence-corrected chi connectivity index (χ4v) is 6.59. The fraction of sp³-hybridized carbons (Fsp3) is 0.952. The summed E-state index contributed by atoms with van der Waals surface area (Å²) < 4.78 is 63.0. The van der Waals surface area contributed by atoms with Gasteiger partial charge in [0.2, 0.25) is 0 Å². The lowest BCUT2D eigenvalue weighted by Crippen LogP contribution is -2.52. The summed E-state index contributed by atoms with van der Waals surface area (Å²) in [6.45, 7) is 19.5. The molecule has 206 valence electrons. The van der Waals surface area contributed by atoms with Gasteiger partial charge < -0.3 is 45.1 Å². The number of halogens is 4. The summed E-state index contributed by atoms with van der Waals surface area (Å²) in [6.07, 6.45) is 3.85. The van der Waals surface area contributed by atoms with Gasteiger partial charge in [0.25, 0.3) is 0 Å². The van der Waals surface area contributed by atoms with Gasteiger partial charge in [-0.3, -0.25) is 0 Å². The van der Waals surface area contributed by atoms with E-state index in [9.17, 15) is 22.1 Å². The summed E-state index contributed by atoms with van der Waals surface area (Å²) in [7, 11) is -8.64. The number of carbonyl (C=O) groups excluding carboxylic acids is 1. The van der Waals surface area contributed by atoms with Crippen molar-refractivity contribution < 1.29 is 44.6 Å². The lowest BCUT2D eigenvalue weighted by atomic mass is 10.2. The van der Waals surface area contributed by atoms with E-state index in [1.54, 1.807) is 0 Å². The normalized spacial score (nSPS) is 12.2. The third-order valence-electron chi connectivity index (χ3n) is 4.91. The van der Waals surface area contributed by atoms with Gasteiger partial charge in [0, 0.05) is 32.4 Å². The van der Waals surface area contributed by atoms with Gasteiger partial charge in [-0.1, -0.05) is 20.8 Å². The lowest BCUT2D eigenvalue weighted by Gasteiger charge is -2.38. The van der Waals surface area contributed by atoms with Gasteiger partial charge in [-0.25, -0.2) is 4.79 Å². The Kier molecular flexibility index (Phi) is 21.1. The minimum atomic E-state index is -6.00. The monoisotopic (exact) mass is 522 g/mol. The molecule has 0 aliphatic rings. The second kappa shape index (κ2) is 20.3. The maximum absolute atomic E-state index is 12.1. The van der Waals surface area contributed by atoms with Crippen LogP contribution in [0.2, 0.25) is 6.04 Å². The van der Waals surface area contributed by atoms with Gasteiger partial charge >= 0.3 is 22.2 Å². The molecule has 0 radical (unpaired) electrons. The zero-order chi connectivity index (χ0) is 26.5. The molecule has 0 heterocycles. The summed E-state index contributed by atoms with van der Waals surface area (Å²) in [5.74, 6) is 0. The first-order valence-corrected chi connectivity index (χ1v) is 14.4. The molecule has 0 unspecified atom stereocenters. The van der Waals surface area contributed by atoms with Crippen LogP contribution >= 0.6 is 0 Å². The lowest BCUT2D eigenvalue weighted by molar-refractivity contribution is -0.928. The fourth-order valence-electron chi connectivity index (χ4n) is 3.97. The molecule has 34 heavy (non-hydrogen) atoms. The summed E-state index contributed by atoms with van der Waals surface area (Å²) in [4.78, 5) is 12.1. The van der Waals surface area contributed by atoms with Gasteiger partial charge in [-0.2, -0.15) is 0 Å². The summed E-state index contributed by atoms with van der Waals surface area (Å²) >= 11 is 0. The van der Waals surface area contributed by atoms with Crippen LogP contribution in [0.15, 0.2) is 0 Å². The number of nitrogens with one attached hydrogen (secondary N) is 1. The number of rotatable bonds is 19. The largest absolute Gasteiger partial charge is 0.673 e. The predicted molar refractivity (Wildman–Crippen MR) is 130 cm³/mol. The van der Waals surface area contributed by atoms with Gasteiger partial charge in [0.15, 0.2) is 0 Å². The predicted octanol–water partition coefficient (Wildman–Crippen LogP) is 5.50. The third kappa shape index (κ3) is 19.4. The summed E-state index contributed by atoms with van der Waals surface area (Å²) in [5.41, 5.74) is 0. The number of alkyl carbamates (subject to hydrolysis) is 1. The minimum Gasteiger partial charge on any atom is -0.444 e. The van der Waals surface area contributed by atoms with Crippen molar-refractivity contribution in [2.24, 2.45) is 0 Å². The number of carbonyl (C=O) groups is 1. The van der Waals surface area contributed by atoms with Gasteiger partial charge in [-0.05, 0) is 46.5 Å². The quantitative estimate of drug-likeness (QED) is 0.105. The number of ether oxygens (including phenoxy) is 1. The molecule has 0 fully saturated rings. The highest BCUT2D eigenvalue weighted by atomic mass is 28.4. The van der Waals surface area contributed by atoms with E-state index < -0.39 is 16.1 Å². The van der Waals surface area contributed by atoms with Crippen LogP contribution in [-0.4, -0.2) is 85.8 Å². The number of hydrogen-bond acceptors (Lipinski definition) is 5. The Morgan fingerprint density at radius 1 is 0.794 bits per heavy atom. The van der Waals surface area contributed by atoms with Crippen molar-refractivity contribution >= 4 is 22.2 Å². The molecule has 0 aromatic heterocycles. The van der Waals surface area contributed by atoms with Crippen LogP contribution in [0.25, 0.3) is 0 Å². The average molecular weight is 523 g/mol. The van der Waals surface area contributed by atoms with E-state index in [-0.39, 0.29) is 6.09 Å². The maximum Gasteiger partial charge on any atom is 0.673 e. The van der Waals surface area contributed by atoms with Crippen LogP contribution in [-0.2, 0) is 18.0 Å². The highest BCUT2D eigenvalue weighted by molar-refractivity contribution is 6.60. The van der Waals surface area contributed by atoms with Gasteiger partial charge in [0.1, 0.15) is 13.2 Å². The molecular weight excluding hydrogens is 475 g/mol. The van der Waals surface area contributed by atoms with Crippen molar-refractivity contribution in [3.63, 3.8) is 0 Å². The van der Waals surface area contributed by atoms with Gasteiger partial charge in [0.05, 0.1) is 19.6 Å². The van der Waals surface area contributed by atoms with E-state index in [0.717, 1.165) is 56.3 Å². The van der Waals surface area contributed by atoms with E-state index >= 15 is 0 Å². The first kappa shape index (κ1) is 35.3. The molecule has 0 rings (SSSR count). The van der Waals surface area contributed by atoms with Crippen molar-refractivity contribution in [3.8, 4) is 0 Å². The van der Waals surface area contributed by atoms with Crippen molar-refractivity contribution in [1.82, 2.24) is 5.32 Å². The second-order valence-electron chi connectivity index (χ2n) is 7.88. The van der Waals surface area contributed by atoms with E-state index in [1.807, 2.05) is 20.8 Å². The Labute approximate surface area is 204 Å². The molecule has 0 aliphatic carbocycles. The SMILES string of the molecule is CCC[N+](CCC)(CCC)CCOC(=O)NCCC[Si](OCC)(OCC)OCC.F[B-](F)(F)F. The molecular formula is C21H47BF4N2O5Si. The smallest absolute Gasteiger partial charge is 0.444 e. The Bertz CT molecular complexity index is 468. The Hall–Kier alpha value is -0.888. The molecule has 0 saturated heterocycles. The van der Waals surface area contributed by atoms with E-state index in [1.165, 1.54) is 0 Å². The molecule has 0 atom stereocenters. The first-order chi connectivity index (χ1) is 16.0. The number of amides is 1. The van der Waals surface area contributed by atoms with Crippen LogP contribution in [0.3, 0.4) is 0 Å². The average Bonchev–Trinajstić information content (AvgIpc) is 2.71. The summed E-state index contributed by atoms with van der Waals surface area (Å²) in [6, 6.07) is 0.687. The Morgan fingerprint density at radius 3 is 1.56 bits per heavy atom. The number of nitrogens with zero attached hydrogens (tertiary/aromatic N) is 1. The molecule has 13 heteroatoms. The van der Waals surface area contributed by atoms with Crippen LogP contribution in [0, 0.1) is 0 Å². The van der Waals surface area contributed by atoms with Crippen molar-refractivity contribution in [1.29, 1.82) is 0 Å². The molecule has 0 aliphatic heterocycles. The van der Waals surface area contributed by atoms with Crippen molar-refractivity contribution in [2.75, 3.05) is 59.2 Å². The highest BCUT2D eigenvalue weighted by Gasteiger charge is 2.39. The van der Waals surface area contributed by atoms with E-state index in [4.69, 9.17) is 18.0 Å². The second-order valence-corrected chi connectivity index (χ2v) is 10.6. The Balaban J connectivity index is 0. The number of quaternary nitrogens is 1. The molecule has 0 bridgehead atoms. The van der Waals surface area contributed by atoms with Gasteiger partial charge in [-0.15, -0.1) is 0 Å². The van der Waals surface area contributed by atoms with Crippen molar-refractivity contribution in [3.05, 3.63) is 0 Å². The molecule has 0 saturated carbocycles. The molecule has 0 spiro atoms. The summed E-state index contributed by atoms with van der Waals surface area (Å²) in [5, 5.41) is 2.85. The minimum absolute atomic E-state index is 0.343. The van der Waals surface area contributed by atoms with Crippen LogP contribution in [0.4, 0.5) is 22.1 Å². The molecule has 1 amide bonds.